The van der Waals surface area contributed by atoms with Crippen LogP contribution in [0.3, 0.4) is 0 Å². The smallest absolute Gasteiger partial charge is 0.356 e. The Labute approximate surface area is 160 Å². The molecule has 0 bridgehead atoms. The standard InChI is InChI=1S/C21H17N3O4/c1-24-18-8-7-14(9-15(18)10-20(24)26)19(25)12-28-21(27)17-11-16(22-23-17)13-5-3-2-4-6-13/h2-9,11H,10,12H2,1H3,(H,22,23). The van der Waals surface area contributed by atoms with E-state index in [1.165, 1.54) is 0 Å². The van der Waals surface area contributed by atoms with Crippen molar-refractivity contribution in [1.82, 2.24) is 10.2 Å². The molecule has 0 atom stereocenters. The van der Waals surface area contributed by atoms with Gasteiger partial charge in [0.1, 0.15) is 5.69 Å². The van der Waals surface area contributed by atoms with Gasteiger partial charge in [-0.05, 0) is 29.8 Å². The molecular formula is C21H17N3O4. The van der Waals surface area contributed by atoms with Crippen LogP contribution in [-0.2, 0) is 16.0 Å². The number of esters is 1. The van der Waals surface area contributed by atoms with Gasteiger partial charge >= 0.3 is 5.97 Å². The van der Waals surface area contributed by atoms with Gasteiger partial charge in [-0.2, -0.15) is 5.10 Å². The number of carbonyl (C=O) groups is 3. The van der Waals surface area contributed by atoms with Crippen molar-refractivity contribution in [3.63, 3.8) is 0 Å². The molecule has 0 radical (unpaired) electrons. The van der Waals surface area contributed by atoms with E-state index in [1.54, 1.807) is 36.2 Å². The lowest BCUT2D eigenvalue weighted by Crippen LogP contribution is -2.20. The van der Waals surface area contributed by atoms with Gasteiger partial charge in [-0.25, -0.2) is 4.79 Å². The second-order valence-corrected chi connectivity index (χ2v) is 6.51. The summed E-state index contributed by atoms with van der Waals surface area (Å²) in [6.45, 7) is -0.388. The number of likely N-dealkylation sites (N-methyl/N-ethyl adjacent to an activating group) is 1. The van der Waals surface area contributed by atoms with Gasteiger partial charge in [-0.15, -0.1) is 0 Å². The van der Waals surface area contributed by atoms with Gasteiger partial charge in [0.25, 0.3) is 0 Å². The van der Waals surface area contributed by atoms with Gasteiger partial charge < -0.3 is 9.64 Å². The van der Waals surface area contributed by atoms with Crippen LogP contribution in [0, 0.1) is 0 Å². The number of amides is 1. The number of fused-ring (bicyclic) bond motifs is 1. The normalized spacial score (nSPS) is 12.8. The number of hydrogen-bond acceptors (Lipinski definition) is 5. The molecule has 28 heavy (non-hydrogen) atoms. The third-order valence-corrected chi connectivity index (χ3v) is 4.68. The fraction of sp³-hybridized carbons (Fsp3) is 0.143. The number of anilines is 1. The first kappa shape index (κ1) is 17.7. The molecule has 0 saturated heterocycles. The average Bonchev–Trinajstić information content (AvgIpc) is 3.32. The number of rotatable bonds is 5. The van der Waals surface area contributed by atoms with E-state index in [4.69, 9.17) is 4.74 Å². The third kappa shape index (κ3) is 3.29. The van der Waals surface area contributed by atoms with Crippen LogP contribution >= 0.6 is 0 Å². The fourth-order valence-electron chi connectivity index (χ4n) is 3.12. The lowest BCUT2D eigenvalue weighted by atomic mass is 10.1. The van der Waals surface area contributed by atoms with Crippen molar-refractivity contribution in [2.75, 3.05) is 18.6 Å². The maximum absolute atomic E-state index is 12.4. The predicted octanol–water partition coefficient (Wildman–Crippen LogP) is 2.64. The van der Waals surface area contributed by atoms with E-state index < -0.39 is 5.97 Å². The minimum absolute atomic E-state index is 0.0144. The highest BCUT2D eigenvalue weighted by Crippen LogP contribution is 2.28. The zero-order chi connectivity index (χ0) is 19.7. The first-order valence-corrected chi connectivity index (χ1v) is 8.73. The molecule has 4 rings (SSSR count). The summed E-state index contributed by atoms with van der Waals surface area (Å²) in [5.74, 6) is -1.00. The van der Waals surface area contributed by atoms with E-state index in [1.807, 2.05) is 30.3 Å². The second kappa shape index (κ2) is 7.11. The minimum Gasteiger partial charge on any atom is -0.453 e. The molecule has 2 heterocycles. The zero-order valence-electron chi connectivity index (χ0n) is 15.1. The SMILES string of the molecule is CN1C(=O)Cc2cc(C(=O)COC(=O)c3cc(-c4ccccc4)n[nH]3)ccc21. The summed E-state index contributed by atoms with van der Waals surface area (Å²) >= 11 is 0. The van der Waals surface area contributed by atoms with Crippen LogP contribution in [0.15, 0.2) is 54.6 Å². The molecule has 2 aromatic carbocycles. The van der Waals surface area contributed by atoms with Crippen molar-refractivity contribution in [2.24, 2.45) is 0 Å². The molecule has 3 aromatic rings. The number of Topliss-reactive ketones (excluding diaryl/α,β-unsaturated/α-hetero) is 1. The van der Waals surface area contributed by atoms with Crippen molar-refractivity contribution >= 4 is 23.3 Å². The second-order valence-electron chi connectivity index (χ2n) is 6.51. The average molecular weight is 375 g/mol. The molecule has 1 N–H and O–H groups in total. The monoisotopic (exact) mass is 375 g/mol. The van der Waals surface area contributed by atoms with Crippen molar-refractivity contribution in [3.05, 3.63) is 71.4 Å². The molecule has 0 fully saturated rings. The maximum atomic E-state index is 12.4. The number of nitrogens with zero attached hydrogens (tertiary/aromatic N) is 2. The van der Waals surface area contributed by atoms with Crippen LogP contribution in [0.2, 0.25) is 0 Å². The Kier molecular flexibility index (Phi) is 4.49. The van der Waals surface area contributed by atoms with Gasteiger partial charge in [0.05, 0.1) is 12.1 Å². The summed E-state index contributed by atoms with van der Waals surface area (Å²) in [4.78, 5) is 37.9. The molecule has 0 aliphatic carbocycles. The highest BCUT2D eigenvalue weighted by molar-refractivity contribution is 6.04. The Balaban J connectivity index is 1.40. The molecular weight excluding hydrogens is 358 g/mol. The van der Waals surface area contributed by atoms with E-state index in [9.17, 15) is 14.4 Å². The van der Waals surface area contributed by atoms with E-state index in [-0.39, 0.29) is 30.4 Å². The first-order chi connectivity index (χ1) is 13.5. The number of benzene rings is 2. The van der Waals surface area contributed by atoms with Crippen LogP contribution in [0.5, 0.6) is 0 Å². The molecule has 7 heteroatoms. The lowest BCUT2D eigenvalue weighted by molar-refractivity contribution is -0.117. The van der Waals surface area contributed by atoms with Crippen LogP contribution in [0.1, 0.15) is 26.4 Å². The summed E-state index contributed by atoms with van der Waals surface area (Å²) < 4.78 is 5.12. The summed E-state index contributed by atoms with van der Waals surface area (Å²) in [5.41, 5.74) is 3.66. The number of ether oxygens (including phenoxy) is 1. The largest absolute Gasteiger partial charge is 0.453 e. The fourth-order valence-corrected chi connectivity index (χ4v) is 3.12. The maximum Gasteiger partial charge on any atom is 0.356 e. The number of aromatic nitrogens is 2. The number of carbonyl (C=O) groups excluding carboxylic acids is 3. The van der Waals surface area contributed by atoms with Gasteiger partial charge in [-0.1, -0.05) is 30.3 Å². The summed E-state index contributed by atoms with van der Waals surface area (Å²) in [6, 6.07) is 16.0. The molecule has 7 nitrogen and oxygen atoms in total. The van der Waals surface area contributed by atoms with Crippen molar-refractivity contribution in [3.8, 4) is 11.3 Å². The Morgan fingerprint density at radius 1 is 1.14 bits per heavy atom. The van der Waals surface area contributed by atoms with Crippen LogP contribution in [0.25, 0.3) is 11.3 Å². The molecule has 1 amide bonds. The van der Waals surface area contributed by atoms with Crippen molar-refractivity contribution < 1.29 is 19.1 Å². The van der Waals surface area contributed by atoms with E-state index in [2.05, 4.69) is 10.2 Å². The number of ketones is 1. The molecule has 0 unspecified atom stereocenters. The topological polar surface area (TPSA) is 92.4 Å². The summed E-state index contributed by atoms with van der Waals surface area (Å²) in [5, 5.41) is 6.73. The number of hydrogen-bond donors (Lipinski definition) is 1. The van der Waals surface area contributed by atoms with Gasteiger partial charge in [0, 0.05) is 23.9 Å². The van der Waals surface area contributed by atoms with Crippen LogP contribution < -0.4 is 4.90 Å². The Bertz CT molecular complexity index is 1070. The highest BCUT2D eigenvalue weighted by atomic mass is 16.5. The van der Waals surface area contributed by atoms with Crippen LogP contribution in [-0.4, -0.2) is 41.5 Å². The molecule has 0 saturated carbocycles. The Hall–Kier alpha value is -3.74. The Morgan fingerprint density at radius 3 is 2.71 bits per heavy atom. The number of H-pyrrole nitrogens is 1. The Morgan fingerprint density at radius 2 is 1.93 bits per heavy atom. The molecule has 0 spiro atoms. The lowest BCUT2D eigenvalue weighted by Gasteiger charge is -2.10. The number of nitrogens with one attached hydrogen (secondary N) is 1. The quantitative estimate of drug-likeness (QED) is 0.547. The first-order valence-electron chi connectivity index (χ1n) is 8.73. The summed E-state index contributed by atoms with van der Waals surface area (Å²) in [6.07, 6.45) is 0.267. The molecule has 1 aliphatic heterocycles. The molecule has 1 aliphatic rings. The van der Waals surface area contributed by atoms with Gasteiger partial charge in [-0.3, -0.25) is 14.7 Å². The van der Waals surface area contributed by atoms with Gasteiger partial charge in [0.15, 0.2) is 12.4 Å². The van der Waals surface area contributed by atoms with E-state index >= 15 is 0 Å². The minimum atomic E-state index is -0.654. The zero-order valence-corrected chi connectivity index (χ0v) is 15.1. The van der Waals surface area contributed by atoms with E-state index in [0.717, 1.165) is 16.8 Å². The highest BCUT2D eigenvalue weighted by Gasteiger charge is 2.25. The predicted molar refractivity (Wildman–Crippen MR) is 102 cm³/mol. The molecule has 140 valence electrons. The van der Waals surface area contributed by atoms with Crippen LogP contribution in [0.4, 0.5) is 5.69 Å². The third-order valence-electron chi connectivity index (χ3n) is 4.68. The van der Waals surface area contributed by atoms with Crippen molar-refractivity contribution in [1.29, 1.82) is 0 Å². The van der Waals surface area contributed by atoms with Gasteiger partial charge in [0.2, 0.25) is 5.91 Å². The number of aromatic amines is 1. The van der Waals surface area contributed by atoms with E-state index in [0.29, 0.717) is 11.3 Å². The summed E-state index contributed by atoms with van der Waals surface area (Å²) in [7, 11) is 1.70. The molecule has 1 aromatic heterocycles. The van der Waals surface area contributed by atoms with Crippen molar-refractivity contribution in [2.45, 2.75) is 6.42 Å².